The van der Waals surface area contributed by atoms with Gasteiger partial charge in [0.2, 0.25) is 0 Å². The summed E-state index contributed by atoms with van der Waals surface area (Å²) in [5.74, 6) is 0.757. The van der Waals surface area contributed by atoms with E-state index in [-0.39, 0.29) is 11.6 Å². The van der Waals surface area contributed by atoms with Crippen molar-refractivity contribution in [3.8, 4) is 0 Å². The van der Waals surface area contributed by atoms with Gasteiger partial charge in [0.1, 0.15) is 0 Å². The molecule has 1 aliphatic rings. The maximum atomic E-state index is 10.2. The summed E-state index contributed by atoms with van der Waals surface area (Å²) in [6.45, 7) is 4.38. The van der Waals surface area contributed by atoms with Crippen LogP contribution in [0, 0.1) is 5.92 Å². The van der Waals surface area contributed by atoms with E-state index < -0.39 is 0 Å². The Morgan fingerprint density at radius 2 is 2.14 bits per heavy atom. The highest BCUT2D eigenvalue weighted by Crippen LogP contribution is 2.38. The van der Waals surface area contributed by atoms with Crippen LogP contribution in [0.1, 0.15) is 46.0 Å². The molecule has 84 valence electrons. The van der Waals surface area contributed by atoms with Gasteiger partial charge in [0.15, 0.2) is 0 Å². The molecule has 2 heteroatoms. The minimum absolute atomic E-state index is 0.0480. The number of nitrogens with zero attached hydrogens (tertiary/aromatic N) is 1. The Hall–Kier alpha value is -0.0800. The van der Waals surface area contributed by atoms with Crippen molar-refractivity contribution in [2.45, 2.75) is 57.6 Å². The van der Waals surface area contributed by atoms with E-state index in [0.717, 1.165) is 25.2 Å². The largest absolute Gasteiger partial charge is 0.391 e. The number of rotatable bonds is 3. The fraction of sp³-hybridized carbons (Fsp3) is 1.00. The van der Waals surface area contributed by atoms with Crippen molar-refractivity contribution in [1.29, 1.82) is 0 Å². The van der Waals surface area contributed by atoms with Gasteiger partial charge in [0.25, 0.3) is 0 Å². The summed E-state index contributed by atoms with van der Waals surface area (Å²) in [5.41, 5.74) is 0.0480. The predicted octanol–water partition coefficient (Wildman–Crippen LogP) is 2.27. The van der Waals surface area contributed by atoms with Crippen molar-refractivity contribution >= 4 is 0 Å². The van der Waals surface area contributed by atoms with Crippen molar-refractivity contribution in [3.63, 3.8) is 0 Å². The van der Waals surface area contributed by atoms with E-state index >= 15 is 0 Å². The first-order chi connectivity index (χ1) is 6.53. The van der Waals surface area contributed by atoms with Crippen LogP contribution in [0.4, 0.5) is 0 Å². The highest BCUT2D eigenvalue weighted by atomic mass is 16.3. The third-order valence-electron chi connectivity index (χ3n) is 3.91. The van der Waals surface area contributed by atoms with Crippen LogP contribution in [0.15, 0.2) is 0 Å². The molecule has 0 amide bonds. The fourth-order valence-corrected chi connectivity index (χ4v) is 2.95. The van der Waals surface area contributed by atoms with Gasteiger partial charge in [0, 0.05) is 5.54 Å². The molecule has 0 saturated heterocycles. The summed E-state index contributed by atoms with van der Waals surface area (Å²) in [7, 11) is 4.22. The third kappa shape index (κ3) is 2.12. The molecule has 1 aliphatic carbocycles. The zero-order valence-electron chi connectivity index (χ0n) is 10.1. The Balaban J connectivity index is 2.80. The predicted molar refractivity (Wildman–Crippen MR) is 60.3 cm³/mol. The summed E-state index contributed by atoms with van der Waals surface area (Å²) in [5, 5.41) is 10.2. The third-order valence-corrected chi connectivity index (χ3v) is 3.91. The Kier molecular flexibility index (Phi) is 3.96. The average Bonchev–Trinajstić information content (AvgIpc) is 2.16. The van der Waals surface area contributed by atoms with Gasteiger partial charge in [-0.2, -0.15) is 0 Å². The molecule has 14 heavy (non-hydrogen) atoms. The SMILES string of the molecule is CCC(O)C1(N(C)C)CCCC(C)C1. The van der Waals surface area contributed by atoms with Gasteiger partial charge in [-0.1, -0.05) is 26.7 Å². The second kappa shape index (κ2) is 4.63. The summed E-state index contributed by atoms with van der Waals surface area (Å²) < 4.78 is 0. The lowest BCUT2D eigenvalue weighted by atomic mass is 9.72. The first kappa shape index (κ1) is 12.0. The molecule has 3 atom stereocenters. The van der Waals surface area contributed by atoms with Crippen LogP contribution in [-0.4, -0.2) is 35.7 Å². The lowest BCUT2D eigenvalue weighted by molar-refractivity contribution is -0.0443. The quantitative estimate of drug-likeness (QED) is 0.753. The fourth-order valence-electron chi connectivity index (χ4n) is 2.95. The highest BCUT2D eigenvalue weighted by Gasteiger charge is 2.41. The maximum absolute atomic E-state index is 10.2. The van der Waals surface area contributed by atoms with Crippen LogP contribution in [0.2, 0.25) is 0 Å². The van der Waals surface area contributed by atoms with Gasteiger partial charge in [0.05, 0.1) is 6.10 Å². The Labute approximate surface area is 88.3 Å². The van der Waals surface area contributed by atoms with E-state index in [1.165, 1.54) is 12.8 Å². The van der Waals surface area contributed by atoms with E-state index in [1.807, 2.05) is 0 Å². The Morgan fingerprint density at radius 3 is 2.57 bits per heavy atom. The summed E-state index contributed by atoms with van der Waals surface area (Å²) in [6, 6.07) is 0. The van der Waals surface area contributed by atoms with Crippen molar-refractivity contribution in [2.24, 2.45) is 5.92 Å². The second-order valence-corrected chi connectivity index (χ2v) is 5.12. The number of likely N-dealkylation sites (N-methyl/N-ethyl adjacent to an activating group) is 1. The van der Waals surface area contributed by atoms with Gasteiger partial charge in [-0.05, 0) is 39.3 Å². The molecule has 1 N–H and O–H groups in total. The topological polar surface area (TPSA) is 23.5 Å². The molecule has 1 saturated carbocycles. The smallest absolute Gasteiger partial charge is 0.0721 e. The highest BCUT2D eigenvalue weighted by molar-refractivity contribution is 4.97. The van der Waals surface area contributed by atoms with Gasteiger partial charge in [-0.25, -0.2) is 0 Å². The summed E-state index contributed by atoms with van der Waals surface area (Å²) in [6.07, 6.45) is 5.59. The first-order valence-electron chi connectivity index (χ1n) is 5.88. The van der Waals surface area contributed by atoms with E-state index in [1.54, 1.807) is 0 Å². The molecule has 0 spiro atoms. The standard InChI is InChI=1S/C12H25NO/c1-5-11(14)12(13(3)4)8-6-7-10(2)9-12/h10-11,14H,5-9H2,1-4H3. The molecule has 0 heterocycles. The van der Waals surface area contributed by atoms with Gasteiger partial charge >= 0.3 is 0 Å². The van der Waals surface area contributed by atoms with Crippen molar-refractivity contribution < 1.29 is 5.11 Å². The number of aliphatic hydroxyl groups is 1. The van der Waals surface area contributed by atoms with Crippen LogP contribution in [0.5, 0.6) is 0 Å². The monoisotopic (exact) mass is 199 g/mol. The molecule has 0 aliphatic heterocycles. The number of hydrogen-bond acceptors (Lipinski definition) is 2. The van der Waals surface area contributed by atoms with E-state index in [0.29, 0.717) is 0 Å². The molecular formula is C12H25NO. The normalized spacial score (nSPS) is 36.0. The van der Waals surface area contributed by atoms with Crippen LogP contribution >= 0.6 is 0 Å². The Morgan fingerprint density at radius 1 is 1.50 bits per heavy atom. The lowest BCUT2D eigenvalue weighted by Crippen LogP contribution is -2.55. The van der Waals surface area contributed by atoms with Crippen molar-refractivity contribution in [1.82, 2.24) is 4.90 Å². The molecule has 3 unspecified atom stereocenters. The second-order valence-electron chi connectivity index (χ2n) is 5.12. The minimum Gasteiger partial charge on any atom is -0.391 e. The zero-order valence-corrected chi connectivity index (χ0v) is 10.1. The molecule has 0 aromatic heterocycles. The molecule has 0 aromatic carbocycles. The van der Waals surface area contributed by atoms with Gasteiger partial charge in [-0.3, -0.25) is 0 Å². The molecule has 2 nitrogen and oxygen atoms in total. The van der Waals surface area contributed by atoms with Gasteiger partial charge in [-0.15, -0.1) is 0 Å². The summed E-state index contributed by atoms with van der Waals surface area (Å²) >= 11 is 0. The van der Waals surface area contributed by atoms with Crippen LogP contribution in [0.3, 0.4) is 0 Å². The number of aliphatic hydroxyl groups excluding tert-OH is 1. The van der Waals surface area contributed by atoms with Crippen molar-refractivity contribution in [2.75, 3.05) is 14.1 Å². The van der Waals surface area contributed by atoms with Gasteiger partial charge < -0.3 is 10.0 Å². The van der Waals surface area contributed by atoms with E-state index in [4.69, 9.17) is 0 Å². The average molecular weight is 199 g/mol. The van der Waals surface area contributed by atoms with Crippen LogP contribution < -0.4 is 0 Å². The maximum Gasteiger partial charge on any atom is 0.0721 e. The van der Waals surface area contributed by atoms with Crippen molar-refractivity contribution in [3.05, 3.63) is 0 Å². The Bertz CT molecular complexity index is 181. The molecule has 0 aromatic rings. The van der Waals surface area contributed by atoms with E-state index in [2.05, 4.69) is 32.8 Å². The zero-order chi connectivity index (χ0) is 10.8. The molecule has 1 fully saturated rings. The molecule has 1 rings (SSSR count). The van der Waals surface area contributed by atoms with E-state index in [9.17, 15) is 5.11 Å². The molecular weight excluding hydrogens is 174 g/mol. The van der Waals surface area contributed by atoms with Crippen LogP contribution in [0.25, 0.3) is 0 Å². The first-order valence-corrected chi connectivity index (χ1v) is 5.88. The number of hydrogen-bond donors (Lipinski definition) is 1. The van der Waals surface area contributed by atoms with Crippen LogP contribution in [-0.2, 0) is 0 Å². The molecule has 0 radical (unpaired) electrons. The minimum atomic E-state index is -0.166. The molecule has 0 bridgehead atoms. The summed E-state index contributed by atoms with van der Waals surface area (Å²) in [4.78, 5) is 2.25. The lowest BCUT2D eigenvalue weighted by Gasteiger charge is -2.48.